The molecule has 8 heteroatoms. The Morgan fingerprint density at radius 1 is 1.35 bits per heavy atom. The smallest absolute Gasteiger partial charge is 0.236 e. The minimum atomic E-state index is -0.288. The molecule has 3 N–H and O–H groups in total. The van der Waals surface area contributed by atoms with Gasteiger partial charge in [-0.2, -0.15) is 9.97 Å². The number of anilines is 2. The van der Waals surface area contributed by atoms with Gasteiger partial charge >= 0.3 is 0 Å². The maximum atomic E-state index is 11.6. The highest BCUT2D eigenvalue weighted by Crippen LogP contribution is 2.24. The van der Waals surface area contributed by atoms with E-state index in [2.05, 4.69) is 19.9 Å². The van der Waals surface area contributed by atoms with Crippen LogP contribution in [0.25, 0.3) is 11.2 Å². The van der Waals surface area contributed by atoms with Gasteiger partial charge in [0.15, 0.2) is 17.2 Å². The summed E-state index contributed by atoms with van der Waals surface area (Å²) < 4.78 is 0. The molecule has 17 heavy (non-hydrogen) atoms. The number of hydrogen-bond acceptors (Lipinski definition) is 6. The van der Waals surface area contributed by atoms with Gasteiger partial charge in [-0.1, -0.05) is 0 Å². The van der Waals surface area contributed by atoms with E-state index in [1.165, 1.54) is 11.2 Å². The number of nitrogen functional groups attached to an aromatic ring is 1. The third-order valence-electron chi connectivity index (χ3n) is 2.52. The first kappa shape index (κ1) is 9.70. The van der Waals surface area contributed by atoms with Crippen molar-refractivity contribution in [3.63, 3.8) is 0 Å². The molecule has 3 heterocycles. The molecule has 0 atom stereocenters. The third-order valence-corrected chi connectivity index (χ3v) is 2.52. The van der Waals surface area contributed by atoms with Gasteiger partial charge in [-0.15, -0.1) is 0 Å². The van der Waals surface area contributed by atoms with Gasteiger partial charge in [-0.25, -0.2) is 4.98 Å². The van der Waals surface area contributed by atoms with Crippen LogP contribution in [0.15, 0.2) is 6.33 Å². The molecule has 1 aliphatic rings. The van der Waals surface area contributed by atoms with Crippen molar-refractivity contribution in [3.05, 3.63) is 6.33 Å². The molecule has 86 valence electrons. The van der Waals surface area contributed by atoms with Crippen LogP contribution in [0.1, 0.15) is 6.42 Å². The predicted octanol–water partition coefficient (Wildman–Crippen LogP) is -0.759. The standard InChI is InChI=1S/C9H8N6O2/c10-9-13-7-6(11-3-12-7)8(14-9)15-2-4(16)1-5(15)17/h3H,1-2H2,(H3,10,11,12,13,14). The van der Waals surface area contributed by atoms with Crippen LogP contribution in [0.5, 0.6) is 0 Å². The number of hydrogen-bond donors (Lipinski definition) is 2. The molecule has 1 fully saturated rings. The van der Waals surface area contributed by atoms with E-state index in [0.29, 0.717) is 17.0 Å². The van der Waals surface area contributed by atoms with Gasteiger partial charge in [0.05, 0.1) is 19.3 Å². The second kappa shape index (κ2) is 3.24. The van der Waals surface area contributed by atoms with Gasteiger partial charge in [-0.05, 0) is 0 Å². The number of ketones is 1. The SMILES string of the molecule is Nc1nc(N2CC(=O)CC2=O)c2[nH]cnc2n1. The van der Waals surface area contributed by atoms with Crippen molar-refractivity contribution in [2.45, 2.75) is 6.42 Å². The first-order valence-electron chi connectivity index (χ1n) is 4.94. The van der Waals surface area contributed by atoms with Crippen LogP contribution >= 0.6 is 0 Å². The van der Waals surface area contributed by atoms with Crippen LogP contribution in [-0.4, -0.2) is 38.2 Å². The van der Waals surface area contributed by atoms with E-state index in [0.717, 1.165) is 0 Å². The van der Waals surface area contributed by atoms with Gasteiger partial charge in [0, 0.05) is 0 Å². The molecule has 0 radical (unpaired) electrons. The molecule has 1 saturated heterocycles. The zero-order valence-corrected chi connectivity index (χ0v) is 8.67. The Bertz CT molecular complexity index is 633. The highest BCUT2D eigenvalue weighted by atomic mass is 16.2. The summed E-state index contributed by atoms with van der Waals surface area (Å²) in [7, 11) is 0. The summed E-state index contributed by atoms with van der Waals surface area (Å²) in [6.07, 6.45) is 1.34. The summed E-state index contributed by atoms with van der Waals surface area (Å²) in [4.78, 5) is 38.8. The van der Waals surface area contributed by atoms with Gasteiger partial charge in [0.25, 0.3) is 0 Å². The molecule has 8 nitrogen and oxygen atoms in total. The second-order valence-corrected chi connectivity index (χ2v) is 3.70. The van der Waals surface area contributed by atoms with Crippen LogP contribution in [0.3, 0.4) is 0 Å². The molecular weight excluding hydrogens is 224 g/mol. The van der Waals surface area contributed by atoms with Crippen LogP contribution in [0, 0.1) is 0 Å². The van der Waals surface area contributed by atoms with Gasteiger partial charge in [-0.3, -0.25) is 14.5 Å². The van der Waals surface area contributed by atoms with Crippen molar-refractivity contribution in [1.29, 1.82) is 0 Å². The molecule has 2 aromatic heterocycles. The summed E-state index contributed by atoms with van der Waals surface area (Å²) in [6, 6.07) is 0. The Balaban J connectivity index is 2.19. The largest absolute Gasteiger partial charge is 0.368 e. The lowest BCUT2D eigenvalue weighted by Crippen LogP contribution is -2.26. The average molecular weight is 232 g/mol. The van der Waals surface area contributed by atoms with Gasteiger partial charge in [0.1, 0.15) is 5.52 Å². The Morgan fingerprint density at radius 3 is 2.88 bits per heavy atom. The minimum absolute atomic E-state index is 0.0173. The highest BCUT2D eigenvalue weighted by molar-refractivity contribution is 6.16. The number of imidazole rings is 1. The van der Waals surface area contributed by atoms with E-state index in [1.807, 2.05) is 0 Å². The molecule has 1 aliphatic heterocycles. The molecule has 0 aliphatic carbocycles. The number of amides is 1. The first-order valence-corrected chi connectivity index (χ1v) is 4.94. The second-order valence-electron chi connectivity index (χ2n) is 3.70. The van der Waals surface area contributed by atoms with Crippen molar-refractivity contribution in [1.82, 2.24) is 19.9 Å². The molecule has 1 amide bonds. The molecule has 2 aromatic rings. The summed E-state index contributed by atoms with van der Waals surface area (Å²) in [5.74, 6) is -0.101. The maximum Gasteiger partial charge on any atom is 0.236 e. The predicted molar refractivity (Wildman–Crippen MR) is 58.1 cm³/mol. The number of aromatic amines is 1. The van der Waals surface area contributed by atoms with Crippen molar-refractivity contribution < 1.29 is 9.59 Å². The Hall–Kier alpha value is -2.51. The van der Waals surface area contributed by atoms with Crippen molar-refractivity contribution in [3.8, 4) is 0 Å². The number of aromatic nitrogens is 4. The van der Waals surface area contributed by atoms with E-state index in [9.17, 15) is 9.59 Å². The van der Waals surface area contributed by atoms with Crippen LogP contribution in [0.4, 0.5) is 11.8 Å². The molecule has 3 rings (SSSR count). The number of nitrogens with zero attached hydrogens (tertiary/aromatic N) is 4. The Morgan fingerprint density at radius 2 is 2.18 bits per heavy atom. The summed E-state index contributed by atoms with van der Waals surface area (Å²) in [5.41, 5.74) is 6.41. The number of Topliss-reactive ketones (excluding diaryl/α,β-unsaturated/α-hetero) is 1. The molecule has 0 aromatic carbocycles. The Kier molecular flexibility index (Phi) is 1.85. The minimum Gasteiger partial charge on any atom is -0.368 e. The lowest BCUT2D eigenvalue weighted by molar-refractivity contribution is -0.121. The van der Waals surface area contributed by atoms with E-state index in [1.54, 1.807) is 0 Å². The molecule has 0 bridgehead atoms. The normalized spacial score (nSPS) is 16.1. The number of rotatable bonds is 1. The number of carbonyl (C=O) groups excluding carboxylic acids is 2. The van der Waals surface area contributed by atoms with Crippen molar-refractivity contribution in [2.24, 2.45) is 0 Å². The number of nitrogens with one attached hydrogen (secondary N) is 1. The van der Waals surface area contributed by atoms with Gasteiger partial charge < -0.3 is 10.7 Å². The fraction of sp³-hybridized carbons (Fsp3) is 0.222. The number of carbonyl (C=O) groups is 2. The quantitative estimate of drug-likeness (QED) is 0.624. The summed E-state index contributed by atoms with van der Waals surface area (Å²) in [5, 5.41) is 0. The van der Waals surface area contributed by atoms with Crippen LogP contribution < -0.4 is 10.6 Å². The summed E-state index contributed by atoms with van der Waals surface area (Å²) >= 11 is 0. The number of fused-ring (bicyclic) bond motifs is 1. The summed E-state index contributed by atoms with van der Waals surface area (Å²) in [6.45, 7) is 0.0173. The third kappa shape index (κ3) is 1.41. The molecule has 0 unspecified atom stereocenters. The zero-order chi connectivity index (χ0) is 12.0. The number of H-pyrrole nitrogens is 1. The lowest BCUT2D eigenvalue weighted by Gasteiger charge is -2.13. The molecule has 0 saturated carbocycles. The molecular formula is C9H8N6O2. The fourth-order valence-corrected chi connectivity index (χ4v) is 1.81. The zero-order valence-electron chi connectivity index (χ0n) is 8.67. The molecule has 0 spiro atoms. The van der Waals surface area contributed by atoms with Crippen LogP contribution in [0.2, 0.25) is 0 Å². The Labute approximate surface area is 94.9 Å². The first-order chi connectivity index (χ1) is 8.15. The topological polar surface area (TPSA) is 118 Å². The van der Waals surface area contributed by atoms with E-state index in [-0.39, 0.29) is 30.6 Å². The van der Waals surface area contributed by atoms with Crippen molar-refractivity contribution in [2.75, 3.05) is 17.2 Å². The monoisotopic (exact) mass is 232 g/mol. The van der Waals surface area contributed by atoms with E-state index >= 15 is 0 Å². The highest BCUT2D eigenvalue weighted by Gasteiger charge is 2.31. The fourth-order valence-electron chi connectivity index (χ4n) is 1.81. The number of nitrogens with two attached hydrogens (primary N) is 1. The lowest BCUT2D eigenvalue weighted by atomic mass is 10.3. The van der Waals surface area contributed by atoms with Crippen molar-refractivity contribution >= 4 is 34.6 Å². The van der Waals surface area contributed by atoms with Gasteiger partial charge in [0.2, 0.25) is 11.9 Å². The average Bonchev–Trinajstić information content (AvgIpc) is 2.83. The van der Waals surface area contributed by atoms with E-state index < -0.39 is 0 Å². The van der Waals surface area contributed by atoms with E-state index in [4.69, 9.17) is 5.73 Å². The van der Waals surface area contributed by atoms with Crippen LogP contribution in [-0.2, 0) is 9.59 Å². The maximum absolute atomic E-state index is 11.6.